The fraction of sp³-hybridized carbons (Fsp3) is 0.0714. The molecule has 0 aliphatic rings. The third-order valence-electron chi connectivity index (χ3n) is 5.80. The molecule has 0 saturated heterocycles. The van der Waals surface area contributed by atoms with Crippen LogP contribution < -0.4 is 5.32 Å². The number of thiazole rings is 1. The van der Waals surface area contributed by atoms with Crippen molar-refractivity contribution in [3.05, 3.63) is 114 Å². The standard InChI is InChI=1S/C28H21N5OS2/c34-27(29-24-10-5-7-20-6-1-2-8-23(20)24)21-14-12-19(13-15-21)16-33-17-22(31-32-33)18-35-28-30-25-9-3-4-11-26(25)36-28/h1-15,17H,16,18H2,(H,29,34). The number of thioether (sulfide) groups is 1. The summed E-state index contributed by atoms with van der Waals surface area (Å²) in [6.07, 6.45) is 1.96. The maximum absolute atomic E-state index is 12.8. The number of para-hydroxylation sites is 1. The molecule has 0 bridgehead atoms. The maximum Gasteiger partial charge on any atom is 0.255 e. The highest BCUT2D eigenvalue weighted by Gasteiger charge is 2.10. The molecule has 4 aromatic carbocycles. The van der Waals surface area contributed by atoms with Gasteiger partial charge in [-0.1, -0.05) is 77.6 Å². The summed E-state index contributed by atoms with van der Waals surface area (Å²) in [6.45, 7) is 0.587. The molecule has 8 heteroatoms. The molecule has 6 rings (SSSR count). The van der Waals surface area contributed by atoms with Crippen molar-refractivity contribution in [3.8, 4) is 0 Å². The van der Waals surface area contributed by atoms with Crippen molar-refractivity contribution in [1.29, 1.82) is 0 Å². The Morgan fingerprint density at radius 2 is 1.72 bits per heavy atom. The number of carbonyl (C=O) groups excluding carboxylic acids is 1. The van der Waals surface area contributed by atoms with E-state index in [9.17, 15) is 4.79 Å². The fourth-order valence-corrected chi connectivity index (χ4v) is 5.95. The molecule has 0 aliphatic heterocycles. The molecule has 0 unspecified atom stereocenters. The van der Waals surface area contributed by atoms with E-state index >= 15 is 0 Å². The van der Waals surface area contributed by atoms with Crippen LogP contribution in [-0.4, -0.2) is 25.9 Å². The van der Waals surface area contributed by atoms with E-state index in [0.29, 0.717) is 17.9 Å². The number of carbonyl (C=O) groups is 1. The van der Waals surface area contributed by atoms with Crippen LogP contribution in [0.2, 0.25) is 0 Å². The first-order chi connectivity index (χ1) is 17.7. The molecule has 1 N–H and O–H groups in total. The lowest BCUT2D eigenvalue weighted by Gasteiger charge is -2.09. The largest absolute Gasteiger partial charge is 0.321 e. The van der Waals surface area contributed by atoms with Gasteiger partial charge in [0.2, 0.25) is 0 Å². The van der Waals surface area contributed by atoms with Crippen LogP contribution in [0.4, 0.5) is 5.69 Å². The highest BCUT2D eigenvalue weighted by atomic mass is 32.2. The van der Waals surface area contributed by atoms with Crippen LogP contribution in [-0.2, 0) is 12.3 Å². The smallest absolute Gasteiger partial charge is 0.255 e. The molecule has 0 aliphatic carbocycles. The van der Waals surface area contributed by atoms with Crippen LogP contribution in [0, 0.1) is 0 Å². The molecule has 2 aromatic heterocycles. The van der Waals surface area contributed by atoms with Gasteiger partial charge >= 0.3 is 0 Å². The molecule has 2 heterocycles. The first-order valence-corrected chi connectivity index (χ1v) is 13.3. The fourth-order valence-electron chi connectivity index (χ4n) is 4.01. The molecule has 1 amide bonds. The van der Waals surface area contributed by atoms with Crippen LogP contribution in [0.1, 0.15) is 21.6 Å². The van der Waals surface area contributed by atoms with E-state index in [4.69, 9.17) is 0 Å². The summed E-state index contributed by atoms with van der Waals surface area (Å²) in [4.78, 5) is 17.5. The Balaban J connectivity index is 1.07. The van der Waals surface area contributed by atoms with Crippen LogP contribution in [0.5, 0.6) is 0 Å². The van der Waals surface area contributed by atoms with Crippen LogP contribution >= 0.6 is 23.1 Å². The SMILES string of the molecule is O=C(Nc1cccc2ccccc12)c1ccc(Cn2cc(CSc3nc4ccccc4s3)nn2)cc1. The summed E-state index contributed by atoms with van der Waals surface area (Å²) in [7, 11) is 0. The van der Waals surface area contributed by atoms with Crippen molar-refractivity contribution in [1.82, 2.24) is 20.0 Å². The first-order valence-electron chi connectivity index (χ1n) is 11.5. The van der Waals surface area contributed by atoms with Crippen LogP contribution in [0.15, 0.2) is 102 Å². The minimum atomic E-state index is -0.132. The van der Waals surface area contributed by atoms with Gasteiger partial charge < -0.3 is 5.32 Å². The average molecular weight is 508 g/mol. The number of fused-ring (bicyclic) bond motifs is 2. The van der Waals surface area contributed by atoms with Crippen molar-refractivity contribution in [3.63, 3.8) is 0 Å². The Morgan fingerprint density at radius 3 is 2.61 bits per heavy atom. The second kappa shape index (κ2) is 9.93. The minimum Gasteiger partial charge on any atom is -0.321 e. The third-order valence-corrected chi connectivity index (χ3v) is 8.02. The van der Waals surface area contributed by atoms with E-state index in [0.717, 1.165) is 37.6 Å². The second-order valence-corrected chi connectivity index (χ2v) is 10.6. The van der Waals surface area contributed by atoms with Gasteiger partial charge in [-0.05, 0) is 41.3 Å². The lowest BCUT2D eigenvalue weighted by Crippen LogP contribution is -2.12. The van der Waals surface area contributed by atoms with Crippen LogP contribution in [0.3, 0.4) is 0 Å². The average Bonchev–Trinajstić information content (AvgIpc) is 3.54. The van der Waals surface area contributed by atoms with Crippen molar-refractivity contribution < 1.29 is 4.79 Å². The highest BCUT2D eigenvalue weighted by molar-refractivity contribution is 8.00. The number of hydrogen-bond acceptors (Lipinski definition) is 6. The zero-order chi connectivity index (χ0) is 24.3. The number of aromatic nitrogens is 4. The molecule has 0 spiro atoms. The van der Waals surface area contributed by atoms with Gasteiger partial charge in [-0.15, -0.1) is 16.4 Å². The number of anilines is 1. The van der Waals surface area contributed by atoms with E-state index in [-0.39, 0.29) is 5.91 Å². The number of amides is 1. The molecule has 0 atom stereocenters. The molecule has 0 saturated carbocycles. The predicted molar refractivity (Wildman–Crippen MR) is 147 cm³/mol. The van der Waals surface area contributed by atoms with E-state index < -0.39 is 0 Å². The normalized spacial score (nSPS) is 11.2. The number of benzene rings is 4. The number of hydrogen-bond donors (Lipinski definition) is 1. The molecule has 0 fully saturated rings. The van der Waals surface area contributed by atoms with Crippen molar-refractivity contribution in [2.24, 2.45) is 0 Å². The monoisotopic (exact) mass is 507 g/mol. The van der Waals surface area contributed by atoms with Crippen LogP contribution in [0.25, 0.3) is 21.0 Å². The third kappa shape index (κ3) is 4.86. The molecular weight excluding hydrogens is 486 g/mol. The van der Waals surface area contributed by atoms with Gasteiger partial charge in [0.05, 0.1) is 22.5 Å². The van der Waals surface area contributed by atoms with E-state index in [1.165, 1.54) is 4.70 Å². The lowest BCUT2D eigenvalue weighted by atomic mass is 10.1. The highest BCUT2D eigenvalue weighted by Crippen LogP contribution is 2.31. The quantitative estimate of drug-likeness (QED) is 0.245. The van der Waals surface area contributed by atoms with Gasteiger partial charge in [0.25, 0.3) is 5.91 Å². The Hall–Kier alpha value is -4.01. The Kier molecular flexibility index (Phi) is 6.19. The number of rotatable bonds is 7. The molecule has 0 radical (unpaired) electrons. The zero-order valence-corrected chi connectivity index (χ0v) is 20.8. The van der Waals surface area contributed by atoms with Gasteiger partial charge in [-0.25, -0.2) is 9.67 Å². The van der Waals surface area contributed by atoms with Gasteiger partial charge in [-0.2, -0.15) is 0 Å². The maximum atomic E-state index is 12.8. The summed E-state index contributed by atoms with van der Waals surface area (Å²) in [5.74, 6) is 0.584. The van der Waals surface area contributed by atoms with Gasteiger partial charge in [0, 0.05) is 28.6 Å². The minimum absolute atomic E-state index is 0.132. The summed E-state index contributed by atoms with van der Waals surface area (Å²) in [5, 5.41) is 13.7. The molecule has 176 valence electrons. The van der Waals surface area contributed by atoms with Gasteiger partial charge in [-0.3, -0.25) is 4.79 Å². The van der Waals surface area contributed by atoms with Gasteiger partial charge in [0.15, 0.2) is 4.34 Å². The first kappa shape index (κ1) is 22.5. The van der Waals surface area contributed by atoms with Crippen molar-refractivity contribution in [2.45, 2.75) is 16.6 Å². The second-order valence-electron chi connectivity index (χ2n) is 8.32. The van der Waals surface area contributed by atoms with Crippen molar-refractivity contribution >= 4 is 55.7 Å². The molecule has 36 heavy (non-hydrogen) atoms. The number of nitrogens with one attached hydrogen (secondary N) is 1. The Labute approximate surface area is 216 Å². The van der Waals surface area contributed by atoms with Gasteiger partial charge in [0.1, 0.15) is 0 Å². The molecule has 6 aromatic rings. The van der Waals surface area contributed by atoms with Crippen molar-refractivity contribution in [2.75, 3.05) is 5.32 Å². The molecule has 6 nitrogen and oxygen atoms in total. The van der Waals surface area contributed by atoms with E-state index in [1.807, 2.05) is 95.8 Å². The predicted octanol–water partition coefficient (Wildman–Crippen LogP) is 6.63. The Bertz CT molecular complexity index is 1630. The van der Waals surface area contributed by atoms with E-state index in [1.54, 1.807) is 23.1 Å². The summed E-state index contributed by atoms with van der Waals surface area (Å²) in [6, 6.07) is 29.7. The molecular formula is C28H21N5OS2. The topological polar surface area (TPSA) is 72.7 Å². The summed E-state index contributed by atoms with van der Waals surface area (Å²) >= 11 is 3.37. The summed E-state index contributed by atoms with van der Waals surface area (Å²) in [5.41, 5.74) is 4.40. The van der Waals surface area contributed by atoms with E-state index in [2.05, 4.69) is 26.7 Å². The summed E-state index contributed by atoms with van der Waals surface area (Å²) < 4.78 is 4.04. The zero-order valence-electron chi connectivity index (χ0n) is 19.2. The lowest BCUT2D eigenvalue weighted by molar-refractivity contribution is 0.102. The Morgan fingerprint density at radius 1 is 0.917 bits per heavy atom. The number of nitrogens with zero attached hydrogens (tertiary/aromatic N) is 4.